The van der Waals surface area contributed by atoms with E-state index in [-0.39, 0.29) is 11.9 Å². The molecule has 10 heteroatoms. The number of aliphatic hydroxyl groups excluding tert-OH is 1. The number of hydrogen-bond acceptors (Lipinski definition) is 6. The summed E-state index contributed by atoms with van der Waals surface area (Å²) in [7, 11) is 0. The fourth-order valence-electron chi connectivity index (χ4n) is 4.45. The summed E-state index contributed by atoms with van der Waals surface area (Å²) in [5.41, 5.74) is 2.76. The highest BCUT2D eigenvalue weighted by molar-refractivity contribution is 5.94. The van der Waals surface area contributed by atoms with Crippen molar-refractivity contribution in [3.63, 3.8) is 0 Å². The van der Waals surface area contributed by atoms with Gasteiger partial charge in [-0.05, 0) is 36.1 Å². The lowest BCUT2D eigenvalue weighted by molar-refractivity contribution is -0.133. The number of anilines is 1. The average Bonchev–Trinajstić information content (AvgIpc) is 3.46. The quantitative estimate of drug-likeness (QED) is 0.802. The molecule has 2 amide bonds. The summed E-state index contributed by atoms with van der Waals surface area (Å²) >= 11 is 0. The molecule has 3 aliphatic heterocycles. The Kier molecular flexibility index (Phi) is 4.50. The zero-order chi connectivity index (χ0) is 20.8. The maximum atomic E-state index is 15.0. The summed E-state index contributed by atoms with van der Waals surface area (Å²) in [6.07, 6.45) is 5.28. The van der Waals surface area contributed by atoms with Crippen molar-refractivity contribution in [3.05, 3.63) is 47.5 Å². The van der Waals surface area contributed by atoms with Crippen LogP contribution in [0.2, 0.25) is 0 Å². The van der Waals surface area contributed by atoms with Gasteiger partial charge in [-0.1, -0.05) is 11.3 Å². The van der Waals surface area contributed by atoms with Crippen LogP contribution >= 0.6 is 0 Å². The second-order valence-electron chi connectivity index (χ2n) is 7.63. The predicted octanol–water partition coefficient (Wildman–Crippen LogP) is 0.975. The summed E-state index contributed by atoms with van der Waals surface area (Å²) in [6.45, 7) is 0.630. The third-order valence-corrected chi connectivity index (χ3v) is 5.95. The number of fused-ring (bicyclic) bond motifs is 3. The molecule has 3 aliphatic rings. The van der Waals surface area contributed by atoms with Crippen LogP contribution in [0.3, 0.4) is 0 Å². The van der Waals surface area contributed by atoms with Gasteiger partial charge >= 0.3 is 6.09 Å². The number of cyclic esters (lactones) is 1. The van der Waals surface area contributed by atoms with Gasteiger partial charge in [-0.2, -0.15) is 0 Å². The van der Waals surface area contributed by atoms with Crippen LogP contribution in [-0.2, 0) is 22.5 Å². The standard InChI is InChI=1S/C20H20FN5O4/c21-15-9-16-13(7-14(15)12-1-4-24(5-2-12)19(28)11-27)8-17-18(30-20(29)26(16)17)10-25-6-3-22-23-25/h1,3,6-7,9,17-18,27H,2,4-5,8,10-11H2/t17-,18-/m0/s1. The van der Waals surface area contributed by atoms with Gasteiger partial charge in [-0.25, -0.2) is 13.9 Å². The van der Waals surface area contributed by atoms with E-state index in [1.165, 1.54) is 15.9 Å². The van der Waals surface area contributed by atoms with Crippen molar-refractivity contribution in [2.75, 3.05) is 24.6 Å². The molecular weight excluding hydrogens is 393 g/mol. The number of aromatic nitrogens is 3. The molecule has 4 heterocycles. The number of nitrogens with zero attached hydrogens (tertiary/aromatic N) is 5. The number of aliphatic hydroxyl groups is 1. The van der Waals surface area contributed by atoms with Crippen LogP contribution < -0.4 is 4.90 Å². The van der Waals surface area contributed by atoms with E-state index in [1.54, 1.807) is 23.1 Å². The minimum Gasteiger partial charge on any atom is -0.442 e. The van der Waals surface area contributed by atoms with Crippen molar-refractivity contribution in [3.8, 4) is 0 Å². The monoisotopic (exact) mass is 413 g/mol. The molecule has 1 aromatic carbocycles. The molecule has 0 saturated carbocycles. The third kappa shape index (κ3) is 3.04. The van der Waals surface area contributed by atoms with Crippen molar-refractivity contribution < 1.29 is 23.8 Å². The Morgan fingerprint density at radius 2 is 2.23 bits per heavy atom. The van der Waals surface area contributed by atoms with Gasteiger partial charge in [0.15, 0.2) is 0 Å². The van der Waals surface area contributed by atoms with Gasteiger partial charge in [0.1, 0.15) is 18.5 Å². The van der Waals surface area contributed by atoms with Crippen molar-refractivity contribution in [1.29, 1.82) is 0 Å². The maximum Gasteiger partial charge on any atom is 0.415 e. The molecule has 1 N–H and O–H groups in total. The molecule has 1 aromatic heterocycles. The SMILES string of the molecule is O=C(CO)N1CC=C(c2cc3c(cc2F)N2C(=O)O[C@@H](Cn4ccnn4)[C@@H]2C3)CC1. The Labute approximate surface area is 171 Å². The number of rotatable bonds is 4. The average molecular weight is 413 g/mol. The van der Waals surface area contributed by atoms with E-state index in [9.17, 15) is 14.0 Å². The van der Waals surface area contributed by atoms with E-state index in [4.69, 9.17) is 9.84 Å². The zero-order valence-electron chi connectivity index (χ0n) is 16.1. The lowest BCUT2D eigenvalue weighted by Gasteiger charge is -2.26. The summed E-state index contributed by atoms with van der Waals surface area (Å²) in [4.78, 5) is 27.1. The Balaban J connectivity index is 1.40. The Hall–Kier alpha value is -3.27. The lowest BCUT2D eigenvalue weighted by atomic mass is 9.95. The molecule has 9 nitrogen and oxygen atoms in total. The van der Waals surface area contributed by atoms with Crippen molar-refractivity contribution >= 4 is 23.3 Å². The van der Waals surface area contributed by atoms with Gasteiger partial charge in [0.05, 0.1) is 24.5 Å². The Morgan fingerprint density at radius 3 is 2.93 bits per heavy atom. The fraction of sp³-hybridized carbons (Fsp3) is 0.400. The molecule has 1 saturated heterocycles. The number of amides is 2. The molecule has 0 radical (unpaired) electrons. The van der Waals surface area contributed by atoms with E-state index < -0.39 is 24.6 Å². The molecule has 156 valence electrons. The van der Waals surface area contributed by atoms with E-state index in [2.05, 4.69) is 10.3 Å². The van der Waals surface area contributed by atoms with Crippen LogP contribution in [-0.4, -0.2) is 68.8 Å². The second kappa shape index (κ2) is 7.21. The van der Waals surface area contributed by atoms with Crippen LogP contribution in [0.1, 0.15) is 17.5 Å². The number of hydrogen-bond donors (Lipinski definition) is 1. The van der Waals surface area contributed by atoms with Crippen LogP contribution in [0.25, 0.3) is 5.57 Å². The molecule has 5 rings (SSSR count). The minimum atomic E-state index is -0.528. The molecule has 30 heavy (non-hydrogen) atoms. The molecule has 0 bridgehead atoms. The van der Waals surface area contributed by atoms with Gasteiger partial charge in [0.2, 0.25) is 5.91 Å². The normalized spacial score (nSPS) is 22.6. The van der Waals surface area contributed by atoms with Gasteiger partial charge in [0, 0.05) is 24.8 Å². The van der Waals surface area contributed by atoms with E-state index in [0.29, 0.717) is 43.7 Å². The lowest BCUT2D eigenvalue weighted by Crippen LogP contribution is -2.36. The highest BCUT2D eigenvalue weighted by Crippen LogP contribution is 2.41. The molecule has 2 atom stereocenters. The van der Waals surface area contributed by atoms with Crippen LogP contribution in [0.5, 0.6) is 0 Å². The topological polar surface area (TPSA) is 101 Å². The first-order valence-corrected chi connectivity index (χ1v) is 9.79. The highest BCUT2D eigenvalue weighted by Gasteiger charge is 2.48. The number of ether oxygens (including phenoxy) is 1. The largest absolute Gasteiger partial charge is 0.442 e. The highest BCUT2D eigenvalue weighted by atomic mass is 19.1. The summed E-state index contributed by atoms with van der Waals surface area (Å²) in [6, 6.07) is 2.98. The van der Waals surface area contributed by atoms with Crippen LogP contribution in [0.4, 0.5) is 14.9 Å². The predicted molar refractivity (Wildman–Crippen MR) is 103 cm³/mol. The van der Waals surface area contributed by atoms with Crippen molar-refractivity contribution in [2.45, 2.75) is 31.5 Å². The van der Waals surface area contributed by atoms with Gasteiger partial charge in [-0.15, -0.1) is 5.10 Å². The number of benzene rings is 1. The summed E-state index contributed by atoms with van der Waals surface area (Å²) < 4.78 is 22.1. The molecule has 2 aromatic rings. The van der Waals surface area contributed by atoms with E-state index >= 15 is 0 Å². The van der Waals surface area contributed by atoms with E-state index in [0.717, 1.165) is 11.1 Å². The summed E-state index contributed by atoms with van der Waals surface area (Å²) in [5, 5.41) is 16.7. The first kappa shape index (κ1) is 18.7. The molecule has 0 spiro atoms. The number of carbonyl (C=O) groups excluding carboxylic acids is 2. The first-order valence-electron chi connectivity index (χ1n) is 9.79. The first-order chi connectivity index (χ1) is 14.5. The van der Waals surface area contributed by atoms with Gasteiger partial charge in [-0.3, -0.25) is 9.69 Å². The Bertz CT molecular complexity index is 1040. The van der Waals surface area contributed by atoms with Gasteiger partial charge < -0.3 is 14.7 Å². The maximum absolute atomic E-state index is 15.0. The molecule has 0 aliphatic carbocycles. The van der Waals surface area contributed by atoms with Crippen LogP contribution in [0, 0.1) is 5.82 Å². The molecule has 0 unspecified atom stereocenters. The minimum absolute atomic E-state index is 0.218. The molecule has 1 fully saturated rings. The van der Waals surface area contributed by atoms with Crippen molar-refractivity contribution in [2.24, 2.45) is 0 Å². The molecular formula is C20H20FN5O4. The number of carbonyl (C=O) groups is 2. The zero-order valence-corrected chi connectivity index (χ0v) is 16.1. The smallest absolute Gasteiger partial charge is 0.415 e. The second-order valence-corrected chi connectivity index (χ2v) is 7.63. The third-order valence-electron chi connectivity index (χ3n) is 5.95. The Morgan fingerprint density at radius 1 is 1.37 bits per heavy atom. The fourth-order valence-corrected chi connectivity index (χ4v) is 4.45. The number of halogens is 1. The summed E-state index contributed by atoms with van der Waals surface area (Å²) in [5.74, 6) is -0.743. The van der Waals surface area contributed by atoms with Crippen LogP contribution in [0.15, 0.2) is 30.6 Å². The van der Waals surface area contributed by atoms with Crippen molar-refractivity contribution in [1.82, 2.24) is 19.9 Å². The van der Waals surface area contributed by atoms with Gasteiger partial charge in [0.25, 0.3) is 0 Å². The van der Waals surface area contributed by atoms with E-state index in [1.807, 2.05) is 6.08 Å².